The molecule has 1 aromatic carbocycles. The van der Waals surface area contributed by atoms with E-state index < -0.39 is 0 Å². The maximum absolute atomic E-state index is 13.6. The highest BCUT2D eigenvalue weighted by Gasteiger charge is 2.34. The Labute approximate surface area is 205 Å². The molecule has 34 heavy (non-hydrogen) atoms. The number of nitrogens with zero attached hydrogens (tertiary/aromatic N) is 2. The smallest absolute Gasteiger partial charge is 0.242 e. The number of methoxy groups -OCH3 is 1. The van der Waals surface area contributed by atoms with Crippen molar-refractivity contribution in [2.45, 2.75) is 45.3 Å². The molecule has 184 valence electrons. The summed E-state index contributed by atoms with van der Waals surface area (Å²) in [5, 5.41) is 2.07. The number of carbonyl (C=O) groups is 2. The summed E-state index contributed by atoms with van der Waals surface area (Å²) >= 11 is 1.72. The molecular weight excluding hydrogens is 452 g/mol. The monoisotopic (exact) mass is 486 g/mol. The SMILES string of the molecule is COc1ccccc1OC[C@@H]1c2ccsc2CCN1C(=O)CN(C[C@H]1CCCO1)C(=O)C(C)C. The molecule has 8 heteroatoms. The van der Waals surface area contributed by atoms with Crippen molar-refractivity contribution in [1.29, 1.82) is 0 Å². The van der Waals surface area contributed by atoms with Crippen molar-refractivity contribution >= 4 is 23.2 Å². The number of ether oxygens (including phenoxy) is 3. The lowest BCUT2D eigenvalue weighted by Gasteiger charge is -2.37. The fourth-order valence-electron chi connectivity index (χ4n) is 4.67. The molecule has 2 aromatic rings. The minimum Gasteiger partial charge on any atom is -0.493 e. The van der Waals surface area contributed by atoms with Crippen LogP contribution in [0.3, 0.4) is 0 Å². The zero-order valence-corrected chi connectivity index (χ0v) is 21.0. The molecule has 0 bridgehead atoms. The van der Waals surface area contributed by atoms with Crippen molar-refractivity contribution in [3.8, 4) is 11.5 Å². The molecule has 1 fully saturated rings. The summed E-state index contributed by atoms with van der Waals surface area (Å²) in [6.45, 7) is 5.91. The Morgan fingerprint density at radius 2 is 2.03 bits per heavy atom. The quantitative estimate of drug-likeness (QED) is 0.537. The second-order valence-electron chi connectivity index (χ2n) is 9.12. The lowest BCUT2D eigenvalue weighted by Crippen LogP contribution is -2.50. The fraction of sp³-hybridized carbons (Fsp3) is 0.538. The third kappa shape index (κ3) is 5.55. The molecule has 0 radical (unpaired) electrons. The van der Waals surface area contributed by atoms with E-state index >= 15 is 0 Å². The van der Waals surface area contributed by atoms with Crippen molar-refractivity contribution in [1.82, 2.24) is 9.80 Å². The van der Waals surface area contributed by atoms with Crippen molar-refractivity contribution in [2.24, 2.45) is 5.92 Å². The van der Waals surface area contributed by atoms with Crippen LogP contribution in [0.5, 0.6) is 11.5 Å². The van der Waals surface area contributed by atoms with Gasteiger partial charge in [0.1, 0.15) is 6.61 Å². The molecule has 0 aliphatic carbocycles. The van der Waals surface area contributed by atoms with Crippen LogP contribution in [0.2, 0.25) is 0 Å². The van der Waals surface area contributed by atoms with Gasteiger partial charge in [-0.15, -0.1) is 11.3 Å². The molecule has 4 rings (SSSR count). The van der Waals surface area contributed by atoms with E-state index in [0.717, 1.165) is 31.4 Å². The van der Waals surface area contributed by atoms with E-state index in [4.69, 9.17) is 14.2 Å². The van der Waals surface area contributed by atoms with Gasteiger partial charge in [0, 0.05) is 30.5 Å². The molecule has 0 spiro atoms. The standard InChI is InChI=1S/C26H34N2O5S/c1-18(2)26(30)27(15-19-7-6-13-32-19)16-25(29)28-12-10-24-20(11-14-34-24)21(28)17-33-23-9-5-4-8-22(23)31-3/h4-5,8-9,11,14,18-19,21H,6-7,10,12-13,15-17H2,1-3H3/t19-,21-/m1/s1. The first kappa shape index (κ1) is 24.5. The van der Waals surface area contributed by atoms with Gasteiger partial charge >= 0.3 is 0 Å². The van der Waals surface area contributed by atoms with E-state index in [9.17, 15) is 9.59 Å². The maximum atomic E-state index is 13.6. The van der Waals surface area contributed by atoms with Gasteiger partial charge in [0.2, 0.25) is 11.8 Å². The zero-order chi connectivity index (χ0) is 24.1. The van der Waals surface area contributed by atoms with Crippen LogP contribution in [0.4, 0.5) is 0 Å². The number of fused-ring (bicyclic) bond motifs is 1. The topological polar surface area (TPSA) is 68.3 Å². The van der Waals surface area contributed by atoms with Crippen molar-refractivity contribution in [3.05, 3.63) is 46.2 Å². The summed E-state index contributed by atoms with van der Waals surface area (Å²) in [5.41, 5.74) is 1.13. The van der Waals surface area contributed by atoms with Gasteiger partial charge in [0.05, 0.1) is 25.8 Å². The highest BCUT2D eigenvalue weighted by Crippen LogP contribution is 2.35. The molecule has 2 atom stereocenters. The van der Waals surface area contributed by atoms with Gasteiger partial charge in [-0.1, -0.05) is 26.0 Å². The number of thiophene rings is 1. The molecule has 7 nitrogen and oxygen atoms in total. The summed E-state index contributed by atoms with van der Waals surface area (Å²) < 4.78 is 17.3. The first-order chi connectivity index (χ1) is 16.5. The Bertz CT molecular complexity index is 985. The highest BCUT2D eigenvalue weighted by atomic mass is 32.1. The second kappa shape index (κ2) is 11.2. The number of benzene rings is 1. The first-order valence-electron chi connectivity index (χ1n) is 12.0. The number of rotatable bonds is 9. The van der Waals surface area contributed by atoms with E-state index in [-0.39, 0.29) is 36.4 Å². The molecule has 0 unspecified atom stereocenters. The van der Waals surface area contributed by atoms with Gasteiger partial charge in [-0.3, -0.25) is 9.59 Å². The summed E-state index contributed by atoms with van der Waals surface area (Å²) in [6, 6.07) is 9.39. The van der Waals surface area contributed by atoms with Crippen molar-refractivity contribution < 1.29 is 23.8 Å². The number of para-hydroxylation sites is 2. The largest absolute Gasteiger partial charge is 0.493 e. The number of amides is 2. The Morgan fingerprint density at radius 3 is 2.74 bits per heavy atom. The van der Waals surface area contributed by atoms with E-state index in [1.54, 1.807) is 23.3 Å². The minimum atomic E-state index is -0.217. The fourth-order valence-corrected chi connectivity index (χ4v) is 5.60. The first-order valence-corrected chi connectivity index (χ1v) is 12.9. The van der Waals surface area contributed by atoms with Crippen LogP contribution < -0.4 is 9.47 Å². The van der Waals surface area contributed by atoms with Gasteiger partial charge in [-0.05, 0) is 48.4 Å². The number of carbonyl (C=O) groups excluding carboxylic acids is 2. The molecule has 2 aliphatic heterocycles. The van der Waals surface area contributed by atoms with E-state index in [1.807, 2.05) is 43.0 Å². The minimum absolute atomic E-state index is 0.00464. The Hall–Kier alpha value is -2.58. The lowest BCUT2D eigenvalue weighted by molar-refractivity contribution is -0.145. The van der Waals surface area contributed by atoms with Crippen molar-refractivity contribution in [3.63, 3.8) is 0 Å². The molecule has 1 aromatic heterocycles. The third-order valence-electron chi connectivity index (χ3n) is 6.46. The van der Waals surface area contributed by atoms with Crippen LogP contribution >= 0.6 is 11.3 Å². The van der Waals surface area contributed by atoms with Crippen LogP contribution in [0.1, 0.15) is 43.2 Å². The molecule has 2 aliphatic rings. The summed E-state index contributed by atoms with van der Waals surface area (Å²) in [4.78, 5) is 31.4. The van der Waals surface area contributed by atoms with E-state index in [2.05, 4.69) is 11.4 Å². The number of hydrogen-bond donors (Lipinski definition) is 0. The third-order valence-corrected chi connectivity index (χ3v) is 7.46. The van der Waals surface area contributed by atoms with Gasteiger partial charge in [-0.25, -0.2) is 0 Å². The van der Waals surface area contributed by atoms with Gasteiger partial charge in [0.25, 0.3) is 0 Å². The van der Waals surface area contributed by atoms with E-state index in [1.165, 1.54) is 4.88 Å². The Balaban J connectivity index is 1.51. The molecule has 3 heterocycles. The second-order valence-corrected chi connectivity index (χ2v) is 10.1. The van der Waals surface area contributed by atoms with Crippen molar-refractivity contribution in [2.75, 3.05) is 40.0 Å². The van der Waals surface area contributed by atoms with Gasteiger partial charge in [-0.2, -0.15) is 0 Å². The predicted molar refractivity (Wildman–Crippen MR) is 131 cm³/mol. The Morgan fingerprint density at radius 1 is 1.24 bits per heavy atom. The predicted octanol–water partition coefficient (Wildman–Crippen LogP) is 3.93. The van der Waals surface area contributed by atoms with Crippen LogP contribution in [-0.4, -0.2) is 67.7 Å². The average molecular weight is 487 g/mol. The summed E-state index contributed by atoms with van der Waals surface area (Å²) in [6.07, 6.45) is 2.74. The average Bonchev–Trinajstić information content (AvgIpc) is 3.53. The maximum Gasteiger partial charge on any atom is 0.242 e. The van der Waals surface area contributed by atoms with Crippen LogP contribution in [-0.2, 0) is 20.7 Å². The molecule has 0 N–H and O–H groups in total. The summed E-state index contributed by atoms with van der Waals surface area (Å²) in [7, 11) is 1.62. The number of hydrogen-bond acceptors (Lipinski definition) is 6. The highest BCUT2D eigenvalue weighted by molar-refractivity contribution is 7.10. The normalized spacial score (nSPS) is 19.7. The lowest BCUT2D eigenvalue weighted by atomic mass is 10.00. The van der Waals surface area contributed by atoms with E-state index in [0.29, 0.717) is 31.2 Å². The summed E-state index contributed by atoms with van der Waals surface area (Å²) in [5.74, 6) is 1.06. The molecule has 2 amide bonds. The Kier molecular flexibility index (Phi) is 8.11. The van der Waals surface area contributed by atoms with Crippen LogP contribution in [0, 0.1) is 5.92 Å². The van der Waals surface area contributed by atoms with Crippen LogP contribution in [0.15, 0.2) is 35.7 Å². The van der Waals surface area contributed by atoms with Gasteiger partial charge in [0.15, 0.2) is 11.5 Å². The van der Waals surface area contributed by atoms with Gasteiger partial charge < -0.3 is 24.0 Å². The zero-order valence-electron chi connectivity index (χ0n) is 20.2. The molecule has 1 saturated heterocycles. The molecular formula is C26H34N2O5S. The molecule has 0 saturated carbocycles. The van der Waals surface area contributed by atoms with Crippen LogP contribution in [0.25, 0.3) is 0 Å².